The number of hydrogen-bond donors (Lipinski definition) is 2. The SMILES string of the molecule is CC(C)(C)c1ccc2c(c1)C1NNC(C#N)C1CCO2. The summed E-state index contributed by atoms with van der Waals surface area (Å²) in [6, 6.07) is 8.78. The molecule has 2 heterocycles. The summed E-state index contributed by atoms with van der Waals surface area (Å²) in [5, 5.41) is 9.24. The third-order valence-electron chi connectivity index (χ3n) is 4.31. The molecule has 4 nitrogen and oxygen atoms in total. The third kappa shape index (κ3) is 2.17. The molecule has 0 bridgehead atoms. The minimum atomic E-state index is -0.146. The van der Waals surface area contributed by atoms with Gasteiger partial charge in [0.1, 0.15) is 11.8 Å². The van der Waals surface area contributed by atoms with Crippen molar-refractivity contribution in [1.29, 1.82) is 5.26 Å². The van der Waals surface area contributed by atoms with Crippen molar-refractivity contribution in [2.75, 3.05) is 6.61 Å². The molecule has 1 aromatic rings. The smallest absolute Gasteiger partial charge is 0.124 e. The number of nitrogens with one attached hydrogen (secondary N) is 2. The standard InChI is InChI=1S/C16H21N3O/c1-16(2,3)10-4-5-14-12(8-10)15-11(6-7-20-14)13(9-17)18-19-15/h4-5,8,11,13,15,18-19H,6-7H2,1-3H3. The summed E-state index contributed by atoms with van der Waals surface area (Å²) < 4.78 is 5.87. The van der Waals surface area contributed by atoms with Crippen LogP contribution in [0.4, 0.5) is 0 Å². The predicted molar refractivity (Wildman–Crippen MR) is 77.2 cm³/mol. The van der Waals surface area contributed by atoms with Crippen LogP contribution in [0.25, 0.3) is 0 Å². The number of hydrazine groups is 1. The topological polar surface area (TPSA) is 57.1 Å². The Morgan fingerprint density at radius 2 is 2.10 bits per heavy atom. The maximum absolute atomic E-state index is 9.24. The van der Waals surface area contributed by atoms with Crippen LogP contribution >= 0.6 is 0 Å². The number of ether oxygens (including phenoxy) is 1. The molecule has 0 amide bonds. The zero-order valence-electron chi connectivity index (χ0n) is 12.2. The summed E-state index contributed by atoms with van der Waals surface area (Å²) in [5.41, 5.74) is 8.96. The first kappa shape index (κ1) is 13.4. The first-order valence-electron chi connectivity index (χ1n) is 7.18. The van der Waals surface area contributed by atoms with Gasteiger partial charge in [0.15, 0.2) is 0 Å². The highest BCUT2D eigenvalue weighted by atomic mass is 16.5. The number of rotatable bonds is 0. The highest BCUT2D eigenvalue weighted by Gasteiger charge is 2.39. The Balaban J connectivity index is 2.04. The fourth-order valence-electron chi connectivity index (χ4n) is 3.05. The molecule has 4 heteroatoms. The second-order valence-corrected chi connectivity index (χ2v) is 6.68. The number of nitriles is 1. The van der Waals surface area contributed by atoms with Crippen LogP contribution < -0.4 is 15.6 Å². The van der Waals surface area contributed by atoms with Crippen molar-refractivity contribution in [2.45, 2.75) is 44.7 Å². The van der Waals surface area contributed by atoms with E-state index in [1.54, 1.807) is 0 Å². The summed E-state index contributed by atoms with van der Waals surface area (Å²) in [4.78, 5) is 0. The van der Waals surface area contributed by atoms with Gasteiger partial charge in [-0.3, -0.25) is 0 Å². The maximum Gasteiger partial charge on any atom is 0.124 e. The van der Waals surface area contributed by atoms with Crippen LogP contribution in [0.15, 0.2) is 18.2 Å². The van der Waals surface area contributed by atoms with Gasteiger partial charge in [0, 0.05) is 11.5 Å². The van der Waals surface area contributed by atoms with E-state index in [0.29, 0.717) is 6.61 Å². The van der Waals surface area contributed by atoms with E-state index in [1.807, 2.05) is 0 Å². The minimum absolute atomic E-state index is 0.109. The second-order valence-electron chi connectivity index (χ2n) is 6.68. The molecule has 2 N–H and O–H groups in total. The Kier molecular flexibility index (Phi) is 3.19. The molecular formula is C16H21N3O. The van der Waals surface area contributed by atoms with Gasteiger partial charge >= 0.3 is 0 Å². The van der Waals surface area contributed by atoms with Crippen LogP contribution in [0, 0.1) is 17.2 Å². The Bertz CT molecular complexity index is 556. The lowest BCUT2D eigenvalue weighted by Gasteiger charge is -2.23. The molecule has 0 aliphatic carbocycles. The number of fused-ring (bicyclic) bond motifs is 3. The molecule has 0 spiro atoms. The fraction of sp³-hybridized carbons (Fsp3) is 0.562. The van der Waals surface area contributed by atoms with Crippen LogP contribution in [0.2, 0.25) is 0 Å². The molecular weight excluding hydrogens is 250 g/mol. The summed E-state index contributed by atoms with van der Waals surface area (Å²) in [6.07, 6.45) is 0.891. The van der Waals surface area contributed by atoms with Gasteiger partial charge in [-0.05, 0) is 29.5 Å². The van der Waals surface area contributed by atoms with Crippen molar-refractivity contribution in [3.05, 3.63) is 29.3 Å². The van der Waals surface area contributed by atoms with E-state index in [0.717, 1.165) is 12.2 Å². The molecule has 20 heavy (non-hydrogen) atoms. The van der Waals surface area contributed by atoms with Gasteiger partial charge in [0.2, 0.25) is 0 Å². The minimum Gasteiger partial charge on any atom is -0.493 e. The average Bonchev–Trinajstić information content (AvgIpc) is 2.72. The third-order valence-corrected chi connectivity index (χ3v) is 4.31. The second kappa shape index (κ2) is 4.76. The van der Waals surface area contributed by atoms with Gasteiger partial charge in [-0.25, -0.2) is 10.9 Å². The van der Waals surface area contributed by atoms with E-state index < -0.39 is 0 Å². The Morgan fingerprint density at radius 1 is 1.30 bits per heavy atom. The van der Waals surface area contributed by atoms with Crippen molar-refractivity contribution in [3.63, 3.8) is 0 Å². The Hall–Kier alpha value is -1.57. The molecule has 106 valence electrons. The molecule has 3 atom stereocenters. The van der Waals surface area contributed by atoms with E-state index in [2.05, 4.69) is 55.9 Å². The molecule has 0 radical (unpaired) electrons. The molecule has 1 aromatic carbocycles. The van der Waals surface area contributed by atoms with Crippen molar-refractivity contribution >= 4 is 0 Å². The van der Waals surface area contributed by atoms with Crippen molar-refractivity contribution in [2.24, 2.45) is 5.92 Å². The highest BCUT2D eigenvalue weighted by molar-refractivity contribution is 5.43. The van der Waals surface area contributed by atoms with E-state index in [-0.39, 0.29) is 23.4 Å². The lowest BCUT2D eigenvalue weighted by molar-refractivity contribution is 0.289. The monoisotopic (exact) mass is 271 g/mol. The molecule has 2 aliphatic heterocycles. The number of benzene rings is 1. The van der Waals surface area contributed by atoms with Gasteiger partial charge in [-0.1, -0.05) is 26.8 Å². The van der Waals surface area contributed by atoms with E-state index >= 15 is 0 Å². The zero-order valence-corrected chi connectivity index (χ0v) is 12.2. The summed E-state index contributed by atoms with van der Waals surface area (Å²) in [7, 11) is 0. The highest BCUT2D eigenvalue weighted by Crippen LogP contribution is 2.40. The van der Waals surface area contributed by atoms with Crippen LogP contribution in [-0.4, -0.2) is 12.6 Å². The van der Waals surface area contributed by atoms with Crippen LogP contribution in [0.5, 0.6) is 5.75 Å². The molecule has 2 aliphatic rings. The molecule has 1 saturated heterocycles. The van der Waals surface area contributed by atoms with Crippen LogP contribution in [0.1, 0.15) is 44.4 Å². The van der Waals surface area contributed by atoms with Gasteiger partial charge in [-0.2, -0.15) is 5.26 Å². The lowest BCUT2D eigenvalue weighted by Crippen LogP contribution is -2.31. The Morgan fingerprint density at radius 3 is 2.80 bits per heavy atom. The molecule has 0 aromatic heterocycles. The quantitative estimate of drug-likeness (QED) is 0.761. The number of hydrogen-bond acceptors (Lipinski definition) is 4. The molecule has 3 rings (SSSR count). The summed E-state index contributed by atoms with van der Waals surface area (Å²) >= 11 is 0. The van der Waals surface area contributed by atoms with E-state index in [4.69, 9.17) is 4.74 Å². The molecule has 3 unspecified atom stereocenters. The van der Waals surface area contributed by atoms with Crippen molar-refractivity contribution < 1.29 is 4.74 Å². The maximum atomic E-state index is 9.24. The predicted octanol–water partition coefficient (Wildman–Crippen LogP) is 2.42. The van der Waals surface area contributed by atoms with Gasteiger partial charge < -0.3 is 4.74 Å². The first-order valence-corrected chi connectivity index (χ1v) is 7.18. The van der Waals surface area contributed by atoms with E-state index in [1.165, 1.54) is 11.1 Å². The van der Waals surface area contributed by atoms with Crippen LogP contribution in [0.3, 0.4) is 0 Å². The van der Waals surface area contributed by atoms with Gasteiger partial charge in [0.25, 0.3) is 0 Å². The first-order chi connectivity index (χ1) is 9.50. The van der Waals surface area contributed by atoms with Crippen molar-refractivity contribution in [1.82, 2.24) is 10.9 Å². The fourth-order valence-corrected chi connectivity index (χ4v) is 3.05. The van der Waals surface area contributed by atoms with Gasteiger partial charge in [-0.15, -0.1) is 0 Å². The largest absolute Gasteiger partial charge is 0.493 e. The number of nitrogens with zero attached hydrogens (tertiary/aromatic N) is 1. The Labute approximate surface area is 120 Å². The molecule has 0 saturated carbocycles. The molecule has 1 fully saturated rings. The zero-order chi connectivity index (χ0) is 14.3. The summed E-state index contributed by atoms with van der Waals surface area (Å²) in [5.74, 6) is 1.20. The average molecular weight is 271 g/mol. The van der Waals surface area contributed by atoms with E-state index in [9.17, 15) is 5.26 Å². The summed E-state index contributed by atoms with van der Waals surface area (Å²) in [6.45, 7) is 7.30. The van der Waals surface area contributed by atoms with Crippen molar-refractivity contribution in [3.8, 4) is 11.8 Å². The lowest BCUT2D eigenvalue weighted by atomic mass is 9.82. The van der Waals surface area contributed by atoms with Gasteiger partial charge in [0.05, 0.1) is 18.7 Å². The van der Waals surface area contributed by atoms with Crippen LogP contribution in [-0.2, 0) is 5.41 Å². The normalized spacial score (nSPS) is 28.8.